The Labute approximate surface area is 248 Å². The number of halogens is 1. The molecule has 1 aliphatic carbocycles. The molecule has 1 heterocycles. The number of fused-ring (bicyclic) bond motifs is 1. The number of anilines is 1. The molecule has 0 spiro atoms. The Kier molecular flexibility index (Phi) is 8.68. The first-order chi connectivity index (χ1) is 20.6. The molecule has 0 bridgehead atoms. The lowest BCUT2D eigenvalue weighted by Crippen LogP contribution is -2.39. The van der Waals surface area contributed by atoms with Gasteiger partial charge in [0.25, 0.3) is 0 Å². The molecule has 0 aromatic heterocycles. The van der Waals surface area contributed by atoms with Crippen molar-refractivity contribution in [3.05, 3.63) is 131 Å². The Balaban J connectivity index is 1.30. The van der Waals surface area contributed by atoms with Gasteiger partial charge in [0.15, 0.2) is 6.29 Å². The van der Waals surface area contributed by atoms with Crippen LogP contribution in [0.4, 0.5) is 10.1 Å². The lowest BCUT2D eigenvalue weighted by Gasteiger charge is -2.36. The van der Waals surface area contributed by atoms with Gasteiger partial charge in [0.05, 0.1) is 0 Å². The maximum atomic E-state index is 16.1. The summed E-state index contributed by atoms with van der Waals surface area (Å²) in [5.74, 6) is 0.991. The third-order valence-corrected chi connectivity index (χ3v) is 8.64. The first-order valence-corrected chi connectivity index (χ1v) is 14.8. The number of piperidine rings is 1. The number of allylic oxidation sites excluding steroid dienone is 1. The number of ether oxygens (including phenoxy) is 3. The number of hydrogen-bond donors (Lipinski definition) is 0. The standard InChI is InChI=1S/C37H38FNO3/c1-40-37(41-2)28-19-21-39(22-20-28)30-14-17-34(35(38)24-30)36-32(27-11-7-4-8-12-27)16-13-29-23-31(15-18-33(29)36)42-25-26-9-5-3-6-10-26/h3-12,14-15,17-18,23-24,28,37H,13,16,19-22,25H2,1-2H3. The lowest BCUT2D eigenvalue weighted by molar-refractivity contribution is -0.141. The van der Waals surface area contributed by atoms with Crippen LogP contribution in [-0.4, -0.2) is 33.6 Å². The van der Waals surface area contributed by atoms with E-state index in [-0.39, 0.29) is 12.1 Å². The summed E-state index contributed by atoms with van der Waals surface area (Å²) in [6, 6.07) is 32.6. The van der Waals surface area contributed by atoms with Crippen molar-refractivity contribution >= 4 is 16.8 Å². The molecule has 6 rings (SSSR count). The average molecular weight is 564 g/mol. The maximum Gasteiger partial charge on any atom is 0.159 e. The van der Waals surface area contributed by atoms with Crippen LogP contribution in [0.15, 0.2) is 97.1 Å². The van der Waals surface area contributed by atoms with E-state index in [4.69, 9.17) is 14.2 Å². The van der Waals surface area contributed by atoms with Gasteiger partial charge in [-0.25, -0.2) is 4.39 Å². The largest absolute Gasteiger partial charge is 0.489 e. The van der Waals surface area contributed by atoms with Crippen LogP contribution in [0.25, 0.3) is 11.1 Å². The molecule has 1 saturated heterocycles. The second kappa shape index (κ2) is 12.9. The number of hydrogen-bond acceptors (Lipinski definition) is 4. The highest BCUT2D eigenvalue weighted by atomic mass is 19.1. The zero-order valence-corrected chi connectivity index (χ0v) is 24.4. The molecule has 0 N–H and O–H groups in total. The first-order valence-electron chi connectivity index (χ1n) is 14.8. The van der Waals surface area contributed by atoms with E-state index in [0.717, 1.165) is 72.5 Å². The van der Waals surface area contributed by atoms with E-state index in [9.17, 15) is 0 Å². The fourth-order valence-electron chi connectivity index (χ4n) is 6.45. The van der Waals surface area contributed by atoms with Crippen molar-refractivity contribution in [1.29, 1.82) is 0 Å². The number of rotatable bonds is 9. The normalized spacial score (nSPS) is 15.7. The zero-order chi connectivity index (χ0) is 28.9. The van der Waals surface area contributed by atoms with Crippen LogP contribution in [0.1, 0.15) is 47.1 Å². The summed E-state index contributed by atoms with van der Waals surface area (Å²) in [6.45, 7) is 2.21. The van der Waals surface area contributed by atoms with Crippen molar-refractivity contribution in [1.82, 2.24) is 0 Å². The molecule has 0 saturated carbocycles. The van der Waals surface area contributed by atoms with Gasteiger partial charge in [-0.05, 0) is 89.4 Å². The van der Waals surface area contributed by atoms with Crippen molar-refractivity contribution in [2.75, 3.05) is 32.2 Å². The Morgan fingerprint density at radius 3 is 2.17 bits per heavy atom. The molecule has 2 aliphatic rings. The summed E-state index contributed by atoms with van der Waals surface area (Å²) in [5.41, 5.74) is 8.25. The summed E-state index contributed by atoms with van der Waals surface area (Å²) < 4.78 is 33.3. The average Bonchev–Trinajstić information content (AvgIpc) is 3.05. The quantitative estimate of drug-likeness (QED) is 0.192. The van der Waals surface area contributed by atoms with Crippen molar-refractivity contribution < 1.29 is 18.6 Å². The van der Waals surface area contributed by atoms with Gasteiger partial charge in [-0.15, -0.1) is 0 Å². The molecule has 4 aromatic carbocycles. The van der Waals surface area contributed by atoms with Crippen molar-refractivity contribution in [2.45, 2.75) is 38.6 Å². The van der Waals surface area contributed by atoms with E-state index in [1.807, 2.05) is 36.4 Å². The highest BCUT2D eigenvalue weighted by Crippen LogP contribution is 2.43. The molecule has 0 amide bonds. The van der Waals surface area contributed by atoms with Gasteiger partial charge in [-0.3, -0.25) is 0 Å². The van der Waals surface area contributed by atoms with Crippen molar-refractivity contribution in [3.8, 4) is 5.75 Å². The van der Waals surface area contributed by atoms with E-state index in [0.29, 0.717) is 18.1 Å². The summed E-state index contributed by atoms with van der Waals surface area (Å²) in [7, 11) is 3.38. The molecule has 5 heteroatoms. The molecule has 0 unspecified atom stereocenters. The summed E-state index contributed by atoms with van der Waals surface area (Å²) in [5, 5.41) is 0. The third kappa shape index (κ3) is 5.99. The summed E-state index contributed by atoms with van der Waals surface area (Å²) in [4.78, 5) is 2.27. The predicted octanol–water partition coefficient (Wildman–Crippen LogP) is 8.15. The van der Waals surface area contributed by atoms with Crippen LogP contribution in [0.5, 0.6) is 5.75 Å². The Bertz CT molecular complexity index is 1520. The minimum atomic E-state index is -0.193. The van der Waals surface area contributed by atoms with E-state index >= 15 is 4.39 Å². The van der Waals surface area contributed by atoms with Crippen LogP contribution < -0.4 is 9.64 Å². The molecule has 42 heavy (non-hydrogen) atoms. The van der Waals surface area contributed by atoms with E-state index in [1.165, 1.54) is 11.1 Å². The second-order valence-electron chi connectivity index (χ2n) is 11.1. The van der Waals surface area contributed by atoms with Gasteiger partial charge in [0.2, 0.25) is 0 Å². The fraction of sp³-hybridized carbons (Fsp3) is 0.297. The fourth-order valence-corrected chi connectivity index (χ4v) is 6.45. The Hall–Kier alpha value is -3.93. The number of nitrogens with zero attached hydrogens (tertiary/aromatic N) is 1. The molecule has 0 atom stereocenters. The van der Waals surface area contributed by atoms with Crippen LogP contribution in [0, 0.1) is 11.7 Å². The number of methoxy groups -OCH3 is 2. The van der Waals surface area contributed by atoms with Crippen molar-refractivity contribution in [2.24, 2.45) is 5.92 Å². The van der Waals surface area contributed by atoms with Gasteiger partial charge in [-0.2, -0.15) is 0 Å². The van der Waals surface area contributed by atoms with E-state index in [2.05, 4.69) is 59.5 Å². The minimum Gasteiger partial charge on any atom is -0.489 e. The highest BCUT2D eigenvalue weighted by Gasteiger charge is 2.28. The smallest absolute Gasteiger partial charge is 0.159 e. The van der Waals surface area contributed by atoms with Gasteiger partial charge in [-0.1, -0.05) is 66.7 Å². The van der Waals surface area contributed by atoms with Crippen LogP contribution in [0.2, 0.25) is 0 Å². The molecular weight excluding hydrogens is 525 g/mol. The second-order valence-corrected chi connectivity index (χ2v) is 11.1. The molecule has 216 valence electrons. The number of aryl methyl sites for hydroxylation is 1. The Morgan fingerprint density at radius 2 is 1.48 bits per heavy atom. The number of benzene rings is 4. The zero-order valence-electron chi connectivity index (χ0n) is 24.4. The monoisotopic (exact) mass is 563 g/mol. The SMILES string of the molecule is COC(OC)C1CCN(c2ccc(C3=C(c4ccccc4)CCc4cc(OCc5ccccc5)ccc43)c(F)c2)CC1. The molecule has 4 aromatic rings. The lowest BCUT2D eigenvalue weighted by atomic mass is 9.79. The molecule has 1 aliphatic heterocycles. The maximum absolute atomic E-state index is 16.1. The molecule has 1 fully saturated rings. The third-order valence-electron chi connectivity index (χ3n) is 8.64. The minimum absolute atomic E-state index is 0.190. The first kappa shape index (κ1) is 28.2. The van der Waals surface area contributed by atoms with E-state index < -0.39 is 0 Å². The van der Waals surface area contributed by atoms with Gasteiger partial charge >= 0.3 is 0 Å². The van der Waals surface area contributed by atoms with Crippen LogP contribution in [-0.2, 0) is 22.5 Å². The predicted molar refractivity (Wildman–Crippen MR) is 167 cm³/mol. The Morgan fingerprint density at radius 1 is 0.786 bits per heavy atom. The van der Waals surface area contributed by atoms with Crippen LogP contribution in [0.3, 0.4) is 0 Å². The molecular formula is C37H38FNO3. The van der Waals surface area contributed by atoms with Gasteiger partial charge in [0, 0.05) is 44.5 Å². The van der Waals surface area contributed by atoms with Crippen LogP contribution >= 0.6 is 0 Å². The van der Waals surface area contributed by atoms with Gasteiger partial charge in [0.1, 0.15) is 18.2 Å². The topological polar surface area (TPSA) is 30.9 Å². The summed E-state index contributed by atoms with van der Waals surface area (Å²) >= 11 is 0. The molecule has 4 nitrogen and oxygen atoms in total. The van der Waals surface area contributed by atoms with Gasteiger partial charge < -0.3 is 19.1 Å². The molecule has 0 radical (unpaired) electrons. The van der Waals surface area contributed by atoms with Crippen molar-refractivity contribution in [3.63, 3.8) is 0 Å². The highest BCUT2D eigenvalue weighted by molar-refractivity contribution is 6.01. The van der Waals surface area contributed by atoms with E-state index in [1.54, 1.807) is 20.3 Å². The summed E-state index contributed by atoms with van der Waals surface area (Å²) in [6.07, 6.45) is 3.42.